The number of benzene rings is 1. The van der Waals surface area contributed by atoms with Crippen LogP contribution in [0.5, 0.6) is 5.75 Å². The number of halogens is 2. The summed E-state index contributed by atoms with van der Waals surface area (Å²) in [4.78, 5) is 12.6. The number of hydrogen-bond donors (Lipinski definition) is 1. The molecule has 0 fully saturated rings. The van der Waals surface area contributed by atoms with Crippen molar-refractivity contribution < 1.29 is 14.3 Å². The number of allylic oxidation sites excluding steroid dienone is 3. The van der Waals surface area contributed by atoms with Gasteiger partial charge in [-0.3, -0.25) is 4.79 Å². The molecular weight excluding hydrogens is 534 g/mol. The highest BCUT2D eigenvalue weighted by molar-refractivity contribution is 14.1. The van der Waals surface area contributed by atoms with Gasteiger partial charge in [0.15, 0.2) is 5.78 Å². The monoisotopic (exact) mass is 548 g/mol. The average molecular weight is 548 g/mol. The van der Waals surface area contributed by atoms with Crippen LogP contribution >= 0.6 is 45.2 Å². The van der Waals surface area contributed by atoms with Crippen LogP contribution < -0.4 is 10.5 Å². The SMILES string of the molecule is COc1c(I)cc(I)cc1[C@@H]1C(C#N)=C(N)OC2=C1C(=O)CCC2. The molecule has 0 aromatic heterocycles. The van der Waals surface area contributed by atoms with Gasteiger partial charge in [-0.05, 0) is 63.7 Å². The zero-order valence-electron chi connectivity index (χ0n) is 12.9. The van der Waals surface area contributed by atoms with E-state index in [0.29, 0.717) is 29.9 Å². The largest absolute Gasteiger partial charge is 0.495 e. The molecule has 1 aromatic rings. The number of ketones is 1. The number of ether oxygens (including phenoxy) is 2. The van der Waals surface area contributed by atoms with Crippen molar-refractivity contribution in [1.82, 2.24) is 0 Å². The van der Waals surface area contributed by atoms with E-state index in [1.807, 2.05) is 12.1 Å². The summed E-state index contributed by atoms with van der Waals surface area (Å²) in [6.07, 6.45) is 1.85. The minimum atomic E-state index is -0.537. The molecule has 0 radical (unpaired) electrons. The molecule has 1 aromatic carbocycles. The lowest BCUT2D eigenvalue weighted by molar-refractivity contribution is -0.116. The van der Waals surface area contributed by atoms with Crippen molar-refractivity contribution in [3.05, 3.63) is 47.6 Å². The van der Waals surface area contributed by atoms with Gasteiger partial charge in [-0.15, -0.1) is 0 Å². The molecule has 1 aliphatic heterocycles. The molecule has 5 nitrogen and oxygen atoms in total. The second-order valence-corrected chi connectivity index (χ2v) is 7.96. The van der Waals surface area contributed by atoms with Gasteiger partial charge in [-0.25, -0.2) is 0 Å². The Hall–Kier alpha value is -1.28. The first-order valence-corrected chi connectivity index (χ1v) is 9.50. The lowest BCUT2D eigenvalue weighted by Crippen LogP contribution is -2.27. The predicted molar refractivity (Wildman–Crippen MR) is 105 cm³/mol. The summed E-state index contributed by atoms with van der Waals surface area (Å²) >= 11 is 4.41. The number of hydrogen-bond acceptors (Lipinski definition) is 5. The molecule has 3 rings (SSSR count). The van der Waals surface area contributed by atoms with Crippen molar-refractivity contribution in [1.29, 1.82) is 5.26 Å². The molecule has 0 bridgehead atoms. The molecule has 124 valence electrons. The highest BCUT2D eigenvalue weighted by Crippen LogP contribution is 2.47. The first-order chi connectivity index (χ1) is 11.5. The average Bonchev–Trinajstić information content (AvgIpc) is 2.53. The van der Waals surface area contributed by atoms with Crippen LogP contribution in [0, 0.1) is 18.5 Å². The third-order valence-corrected chi connectivity index (χ3v) is 5.58. The molecule has 0 amide bonds. The van der Waals surface area contributed by atoms with Crippen molar-refractivity contribution in [2.45, 2.75) is 25.2 Å². The molecule has 1 aliphatic carbocycles. The molecule has 1 heterocycles. The Morgan fingerprint density at radius 2 is 2.12 bits per heavy atom. The van der Waals surface area contributed by atoms with E-state index in [-0.39, 0.29) is 17.2 Å². The minimum Gasteiger partial charge on any atom is -0.495 e. The van der Waals surface area contributed by atoms with Crippen LogP contribution in [0.25, 0.3) is 0 Å². The van der Waals surface area contributed by atoms with Crippen LogP contribution in [0.15, 0.2) is 34.9 Å². The Bertz CT molecular complexity index is 837. The lowest BCUT2D eigenvalue weighted by Gasteiger charge is -2.31. The van der Waals surface area contributed by atoms with Crippen LogP contribution in [0.3, 0.4) is 0 Å². The number of rotatable bonds is 2. The van der Waals surface area contributed by atoms with Gasteiger partial charge in [0.1, 0.15) is 23.2 Å². The van der Waals surface area contributed by atoms with E-state index >= 15 is 0 Å². The van der Waals surface area contributed by atoms with E-state index < -0.39 is 5.92 Å². The zero-order valence-corrected chi connectivity index (χ0v) is 17.2. The van der Waals surface area contributed by atoms with Crippen LogP contribution in [-0.2, 0) is 9.53 Å². The van der Waals surface area contributed by atoms with Crippen LogP contribution in [-0.4, -0.2) is 12.9 Å². The Morgan fingerprint density at radius 3 is 2.79 bits per heavy atom. The van der Waals surface area contributed by atoms with Crippen molar-refractivity contribution in [3.63, 3.8) is 0 Å². The first-order valence-electron chi connectivity index (χ1n) is 7.34. The number of carbonyl (C=O) groups is 1. The molecule has 7 heteroatoms. The third-order valence-electron chi connectivity index (χ3n) is 4.16. The van der Waals surface area contributed by atoms with Gasteiger partial charge < -0.3 is 15.2 Å². The summed E-state index contributed by atoms with van der Waals surface area (Å²) in [5.74, 6) is 0.798. The number of carbonyl (C=O) groups excluding carboxylic acids is 1. The standard InChI is InChI=1S/C17H14I2N2O3/c1-23-16-9(5-8(18)6-11(16)19)14-10(7-20)17(21)24-13-4-2-3-12(22)15(13)14/h5-6,14H,2-4,21H2,1H3/t14-/m1/s1. The Labute approximate surface area is 167 Å². The number of methoxy groups -OCH3 is 1. The quantitative estimate of drug-likeness (QED) is 0.570. The lowest BCUT2D eigenvalue weighted by atomic mass is 9.77. The molecule has 0 spiro atoms. The zero-order chi connectivity index (χ0) is 17.4. The second-order valence-electron chi connectivity index (χ2n) is 5.55. The molecule has 2 aliphatic rings. The van der Waals surface area contributed by atoms with E-state index in [2.05, 4.69) is 51.3 Å². The summed E-state index contributed by atoms with van der Waals surface area (Å²) in [5.41, 5.74) is 7.57. The second kappa shape index (κ2) is 6.92. The molecule has 24 heavy (non-hydrogen) atoms. The van der Waals surface area contributed by atoms with Crippen molar-refractivity contribution in [2.75, 3.05) is 7.11 Å². The Morgan fingerprint density at radius 1 is 1.38 bits per heavy atom. The Balaban J connectivity index is 2.30. The number of nitrogens with two attached hydrogens (primary N) is 1. The number of Topliss-reactive ketones (excluding diaryl/α,β-unsaturated/α-hetero) is 1. The van der Waals surface area contributed by atoms with Gasteiger partial charge in [0.25, 0.3) is 0 Å². The molecule has 0 unspecified atom stereocenters. The van der Waals surface area contributed by atoms with Gasteiger partial charge in [-0.1, -0.05) is 0 Å². The van der Waals surface area contributed by atoms with E-state index in [1.54, 1.807) is 7.11 Å². The first kappa shape index (κ1) is 17.5. The smallest absolute Gasteiger partial charge is 0.205 e. The van der Waals surface area contributed by atoms with E-state index in [0.717, 1.165) is 19.1 Å². The highest BCUT2D eigenvalue weighted by atomic mass is 127. The highest BCUT2D eigenvalue weighted by Gasteiger charge is 2.39. The third kappa shape index (κ3) is 2.90. The molecular formula is C17H14I2N2O3. The van der Waals surface area contributed by atoms with E-state index in [4.69, 9.17) is 15.2 Å². The van der Waals surface area contributed by atoms with E-state index in [1.165, 1.54) is 0 Å². The maximum Gasteiger partial charge on any atom is 0.205 e. The molecule has 0 saturated heterocycles. The van der Waals surface area contributed by atoms with Gasteiger partial charge >= 0.3 is 0 Å². The maximum absolute atomic E-state index is 12.6. The van der Waals surface area contributed by atoms with Crippen molar-refractivity contribution in [2.24, 2.45) is 5.73 Å². The molecule has 0 saturated carbocycles. The van der Waals surface area contributed by atoms with Crippen molar-refractivity contribution >= 4 is 51.0 Å². The minimum absolute atomic E-state index is 0.0115. The Kier molecular flexibility index (Phi) is 5.05. The van der Waals surface area contributed by atoms with E-state index in [9.17, 15) is 10.1 Å². The predicted octanol–water partition coefficient (Wildman–Crippen LogP) is 3.72. The van der Waals surface area contributed by atoms with Crippen LogP contribution in [0.2, 0.25) is 0 Å². The fraction of sp³-hybridized carbons (Fsp3) is 0.294. The van der Waals surface area contributed by atoms with Gasteiger partial charge in [-0.2, -0.15) is 5.26 Å². The summed E-state index contributed by atoms with van der Waals surface area (Å²) in [7, 11) is 1.59. The molecule has 2 N–H and O–H groups in total. The summed E-state index contributed by atoms with van der Waals surface area (Å²) in [5, 5.41) is 9.63. The van der Waals surface area contributed by atoms with Crippen LogP contribution in [0.1, 0.15) is 30.7 Å². The summed E-state index contributed by atoms with van der Waals surface area (Å²) in [6, 6.07) is 6.05. The van der Waals surface area contributed by atoms with Crippen LogP contribution in [0.4, 0.5) is 0 Å². The summed E-state index contributed by atoms with van der Waals surface area (Å²) < 4.78 is 13.1. The van der Waals surface area contributed by atoms with Gasteiger partial charge in [0, 0.05) is 27.5 Å². The summed E-state index contributed by atoms with van der Waals surface area (Å²) in [6.45, 7) is 0. The van der Waals surface area contributed by atoms with Gasteiger partial charge in [0.2, 0.25) is 5.88 Å². The van der Waals surface area contributed by atoms with Crippen molar-refractivity contribution in [3.8, 4) is 11.8 Å². The fourth-order valence-electron chi connectivity index (χ4n) is 3.18. The normalized spacial score (nSPS) is 20.4. The topological polar surface area (TPSA) is 85.3 Å². The maximum atomic E-state index is 12.6. The number of nitriles is 1. The number of nitrogens with zero attached hydrogens (tertiary/aromatic N) is 1. The molecule has 1 atom stereocenters. The van der Waals surface area contributed by atoms with Gasteiger partial charge in [0.05, 0.1) is 16.6 Å². The fourth-order valence-corrected chi connectivity index (χ4v) is 5.29.